The largest absolute Gasteiger partial charge is 0.417 e. The van der Waals surface area contributed by atoms with E-state index in [0.717, 1.165) is 0 Å². The predicted octanol–water partition coefficient (Wildman–Crippen LogP) is 2.41. The number of hydrogen-bond donors (Lipinski definition) is 1. The van der Waals surface area contributed by atoms with E-state index in [1.807, 2.05) is 0 Å². The summed E-state index contributed by atoms with van der Waals surface area (Å²) in [7, 11) is 0. The normalized spacial score (nSPS) is 11.0. The van der Waals surface area contributed by atoms with E-state index in [1.165, 1.54) is 5.40 Å². The molecule has 1 aromatic carbocycles. The van der Waals surface area contributed by atoms with E-state index < -0.39 is 56.4 Å². The van der Waals surface area contributed by atoms with Gasteiger partial charge in [-0.3, -0.25) is 20.2 Å². The van der Waals surface area contributed by atoms with E-state index >= 15 is 0 Å². The van der Waals surface area contributed by atoms with E-state index in [9.17, 15) is 33.4 Å². The van der Waals surface area contributed by atoms with Gasteiger partial charge in [0.2, 0.25) is 13.1 Å². The molecule has 118 valence electrons. The number of hydrogen-bond acceptors (Lipinski definition) is 7. The zero-order chi connectivity index (χ0) is 17.1. The van der Waals surface area contributed by atoms with Crippen molar-refractivity contribution in [1.82, 2.24) is 0 Å². The highest BCUT2D eigenvalue weighted by molar-refractivity contribution is 8.03. The third kappa shape index (κ3) is 3.98. The molecule has 0 unspecified atom stereocenters. The lowest BCUT2D eigenvalue weighted by atomic mass is 10.0. The number of thioether (sulfide) groups is 1. The van der Waals surface area contributed by atoms with Crippen molar-refractivity contribution in [2.75, 3.05) is 5.73 Å². The summed E-state index contributed by atoms with van der Waals surface area (Å²) in [5.74, 6) is 0. The lowest BCUT2D eigenvalue weighted by Gasteiger charge is -2.16. The molecule has 0 saturated carbocycles. The van der Waals surface area contributed by atoms with Gasteiger partial charge in [0, 0.05) is 20.3 Å². The minimum atomic E-state index is -4.94. The zero-order valence-corrected chi connectivity index (χ0v) is 11.4. The molecule has 12 heteroatoms. The Hall–Kier alpha value is -2.55. The van der Waals surface area contributed by atoms with E-state index in [4.69, 9.17) is 11.0 Å². The molecule has 0 saturated heterocycles. The first-order chi connectivity index (χ1) is 10.1. The first-order valence-electron chi connectivity index (χ1n) is 5.38. The van der Waals surface area contributed by atoms with Crippen molar-refractivity contribution in [2.45, 2.75) is 24.2 Å². The molecule has 0 aliphatic heterocycles. The van der Waals surface area contributed by atoms with Crippen molar-refractivity contribution in [3.8, 4) is 5.40 Å². The highest BCUT2D eigenvalue weighted by Gasteiger charge is 2.37. The molecule has 0 heterocycles. The van der Waals surface area contributed by atoms with Gasteiger partial charge in [-0.25, -0.2) is 0 Å². The number of nitriles is 1. The van der Waals surface area contributed by atoms with Gasteiger partial charge in [-0.15, -0.1) is 0 Å². The average Bonchev–Trinajstić information content (AvgIpc) is 2.34. The SMILES string of the molecule is N#CSc1c(C(F)(F)F)cc(C[N+](=O)[O-])c(N)c1C[N+](=O)[O-]. The Balaban J connectivity index is 3.71. The van der Waals surface area contributed by atoms with Crippen LogP contribution >= 0.6 is 11.8 Å². The van der Waals surface area contributed by atoms with Gasteiger partial charge >= 0.3 is 6.18 Å². The first-order valence-corrected chi connectivity index (χ1v) is 6.20. The number of halogens is 3. The van der Waals surface area contributed by atoms with Gasteiger partial charge < -0.3 is 5.73 Å². The Labute approximate surface area is 125 Å². The van der Waals surface area contributed by atoms with Gasteiger partial charge in [0.15, 0.2) is 0 Å². The molecule has 1 aromatic rings. The third-order valence-corrected chi connectivity index (χ3v) is 3.31. The van der Waals surface area contributed by atoms with E-state index in [0.29, 0.717) is 6.07 Å². The van der Waals surface area contributed by atoms with Gasteiger partial charge in [-0.2, -0.15) is 18.4 Å². The number of nitro groups is 2. The molecular formula is C10H7F3N4O4S. The minimum absolute atomic E-state index is 0.0704. The molecule has 2 N–H and O–H groups in total. The molecule has 0 bridgehead atoms. The number of benzene rings is 1. The number of thiocyanates is 1. The molecule has 0 amide bonds. The minimum Gasteiger partial charge on any atom is -0.398 e. The molecule has 0 fully saturated rings. The van der Waals surface area contributed by atoms with Gasteiger partial charge in [-0.05, 0) is 17.8 Å². The lowest BCUT2D eigenvalue weighted by Crippen LogP contribution is -2.15. The molecule has 1 rings (SSSR count). The Bertz CT molecular complexity index is 672. The predicted molar refractivity (Wildman–Crippen MR) is 68.7 cm³/mol. The number of nitrogen functional groups attached to an aromatic ring is 1. The summed E-state index contributed by atoms with van der Waals surface area (Å²) in [5.41, 5.74) is 2.64. The van der Waals surface area contributed by atoms with Gasteiger partial charge in [-0.1, -0.05) is 0 Å². The van der Waals surface area contributed by atoms with Crippen LogP contribution in [-0.2, 0) is 19.3 Å². The van der Waals surface area contributed by atoms with Crippen molar-refractivity contribution < 1.29 is 23.0 Å². The Morgan fingerprint density at radius 2 is 1.82 bits per heavy atom. The standard InChI is InChI=1S/C10H7F3N4O4S/c11-10(12,13)7-1-5(2-16(18)19)8(15)6(3-17(20)21)9(7)22-4-14/h1H,2-3,15H2. The van der Waals surface area contributed by atoms with E-state index in [1.54, 1.807) is 0 Å². The number of anilines is 1. The van der Waals surface area contributed by atoms with Crippen LogP contribution in [0.2, 0.25) is 0 Å². The fourth-order valence-corrected chi connectivity index (χ4v) is 2.40. The van der Waals surface area contributed by atoms with E-state index in [2.05, 4.69) is 0 Å². The van der Waals surface area contributed by atoms with Gasteiger partial charge in [0.25, 0.3) is 0 Å². The summed E-state index contributed by atoms with van der Waals surface area (Å²) in [5, 5.41) is 31.1. The second-order valence-corrected chi connectivity index (χ2v) is 4.77. The zero-order valence-electron chi connectivity index (χ0n) is 10.6. The highest BCUT2D eigenvalue weighted by Crippen LogP contribution is 2.42. The monoisotopic (exact) mass is 336 g/mol. The van der Waals surface area contributed by atoms with Crippen LogP contribution < -0.4 is 5.73 Å². The number of nitrogens with two attached hydrogens (primary N) is 1. The Kier molecular flexibility index (Phi) is 5.15. The van der Waals surface area contributed by atoms with Crippen LogP contribution in [0, 0.1) is 30.9 Å². The van der Waals surface area contributed by atoms with Crippen LogP contribution in [0.15, 0.2) is 11.0 Å². The van der Waals surface area contributed by atoms with Crippen LogP contribution in [0.3, 0.4) is 0 Å². The molecule has 22 heavy (non-hydrogen) atoms. The fraction of sp³-hybridized carbons (Fsp3) is 0.300. The molecule has 0 atom stereocenters. The fourth-order valence-electron chi connectivity index (χ4n) is 1.72. The van der Waals surface area contributed by atoms with Crippen molar-refractivity contribution >= 4 is 17.4 Å². The summed E-state index contributed by atoms with van der Waals surface area (Å²) < 4.78 is 39.1. The second-order valence-electron chi connectivity index (χ2n) is 3.98. The smallest absolute Gasteiger partial charge is 0.398 e. The van der Waals surface area contributed by atoms with Crippen LogP contribution in [0.25, 0.3) is 0 Å². The number of nitrogens with zero attached hydrogens (tertiary/aromatic N) is 3. The first kappa shape index (κ1) is 17.5. The van der Waals surface area contributed by atoms with Gasteiger partial charge in [0.1, 0.15) is 5.40 Å². The maximum atomic E-state index is 13.0. The van der Waals surface area contributed by atoms with Crippen LogP contribution in [-0.4, -0.2) is 9.85 Å². The maximum Gasteiger partial charge on any atom is 0.417 e. The maximum absolute atomic E-state index is 13.0. The van der Waals surface area contributed by atoms with Crippen LogP contribution in [0.4, 0.5) is 18.9 Å². The van der Waals surface area contributed by atoms with Crippen molar-refractivity contribution in [3.05, 3.63) is 43.0 Å². The van der Waals surface area contributed by atoms with Crippen LogP contribution in [0.5, 0.6) is 0 Å². The molecule has 0 spiro atoms. The molecular weight excluding hydrogens is 329 g/mol. The summed E-state index contributed by atoms with van der Waals surface area (Å²) in [6.07, 6.45) is -4.94. The molecule has 0 aromatic heterocycles. The topological polar surface area (TPSA) is 136 Å². The molecule has 0 radical (unpaired) electrons. The van der Waals surface area contributed by atoms with Gasteiger partial charge in [0.05, 0.1) is 16.8 Å². The summed E-state index contributed by atoms with van der Waals surface area (Å²) >= 11 is 0.0704. The second kappa shape index (κ2) is 6.48. The molecule has 0 aliphatic carbocycles. The number of alkyl halides is 3. The average molecular weight is 336 g/mol. The van der Waals surface area contributed by atoms with Crippen molar-refractivity contribution in [2.24, 2.45) is 0 Å². The Morgan fingerprint density at radius 3 is 2.23 bits per heavy atom. The van der Waals surface area contributed by atoms with Crippen molar-refractivity contribution in [3.63, 3.8) is 0 Å². The summed E-state index contributed by atoms with van der Waals surface area (Å²) in [4.78, 5) is 18.6. The number of rotatable bonds is 5. The lowest BCUT2D eigenvalue weighted by molar-refractivity contribution is -0.498. The summed E-state index contributed by atoms with van der Waals surface area (Å²) in [6.45, 7) is -2.10. The quantitative estimate of drug-likeness (QED) is 0.286. The van der Waals surface area contributed by atoms with E-state index in [-0.39, 0.29) is 11.8 Å². The summed E-state index contributed by atoms with van der Waals surface area (Å²) in [6, 6.07) is 0.446. The highest BCUT2D eigenvalue weighted by atomic mass is 32.2. The van der Waals surface area contributed by atoms with Crippen LogP contribution in [0.1, 0.15) is 16.7 Å². The third-order valence-electron chi connectivity index (χ3n) is 2.55. The molecule has 8 nitrogen and oxygen atoms in total. The molecule has 0 aliphatic rings. The Morgan fingerprint density at radius 1 is 1.27 bits per heavy atom. The van der Waals surface area contributed by atoms with Crippen molar-refractivity contribution in [1.29, 1.82) is 5.26 Å².